The lowest BCUT2D eigenvalue weighted by molar-refractivity contribution is -0.125. The lowest BCUT2D eigenvalue weighted by Crippen LogP contribution is -2.37. The molecule has 0 aliphatic heterocycles. The summed E-state index contributed by atoms with van der Waals surface area (Å²) in [4.78, 5) is 24.6. The van der Waals surface area contributed by atoms with Crippen molar-refractivity contribution in [3.05, 3.63) is 54.1 Å². The number of amides is 1. The first-order chi connectivity index (χ1) is 14.2. The minimum Gasteiger partial charge on any atom is -0.452 e. The van der Waals surface area contributed by atoms with Gasteiger partial charge in [0.05, 0.1) is 10.9 Å². The van der Waals surface area contributed by atoms with Crippen LogP contribution < -0.4 is 5.32 Å². The van der Waals surface area contributed by atoms with E-state index < -0.39 is 5.97 Å². The SMILES string of the molecule is O=C(COC(=O)c1ccc2noc(-c3ccccc3)c2c1)NC1CCCCCC1. The van der Waals surface area contributed by atoms with Crippen molar-refractivity contribution in [2.45, 2.75) is 44.6 Å². The number of esters is 1. The second kappa shape index (κ2) is 8.90. The summed E-state index contributed by atoms with van der Waals surface area (Å²) in [5, 5.41) is 7.76. The van der Waals surface area contributed by atoms with E-state index in [2.05, 4.69) is 10.5 Å². The van der Waals surface area contributed by atoms with E-state index in [0.717, 1.165) is 36.6 Å². The molecule has 1 amide bonds. The quantitative estimate of drug-likeness (QED) is 0.511. The molecule has 6 heteroatoms. The van der Waals surface area contributed by atoms with E-state index in [1.54, 1.807) is 18.2 Å². The first kappa shape index (κ1) is 19.2. The zero-order valence-corrected chi connectivity index (χ0v) is 16.2. The summed E-state index contributed by atoms with van der Waals surface area (Å²) >= 11 is 0. The average molecular weight is 392 g/mol. The van der Waals surface area contributed by atoms with Crippen molar-refractivity contribution in [1.29, 1.82) is 0 Å². The van der Waals surface area contributed by atoms with Gasteiger partial charge in [-0.2, -0.15) is 0 Å². The molecule has 150 valence electrons. The monoisotopic (exact) mass is 392 g/mol. The summed E-state index contributed by atoms with van der Waals surface area (Å²) in [6.07, 6.45) is 6.69. The van der Waals surface area contributed by atoms with E-state index in [-0.39, 0.29) is 18.6 Å². The Balaban J connectivity index is 1.41. The first-order valence-corrected chi connectivity index (χ1v) is 10.1. The van der Waals surface area contributed by atoms with E-state index in [1.165, 1.54) is 12.8 Å². The van der Waals surface area contributed by atoms with Gasteiger partial charge in [-0.3, -0.25) is 4.79 Å². The molecule has 0 radical (unpaired) electrons. The Bertz CT molecular complexity index is 989. The molecule has 3 aromatic rings. The van der Waals surface area contributed by atoms with Gasteiger partial charge in [0, 0.05) is 11.6 Å². The van der Waals surface area contributed by atoms with Crippen LogP contribution in [0, 0.1) is 0 Å². The molecule has 0 bridgehead atoms. The highest BCUT2D eigenvalue weighted by molar-refractivity contribution is 5.99. The van der Waals surface area contributed by atoms with Crippen molar-refractivity contribution in [3.8, 4) is 11.3 Å². The number of hydrogen-bond acceptors (Lipinski definition) is 5. The Morgan fingerprint density at radius 1 is 1.03 bits per heavy atom. The number of carbonyl (C=O) groups excluding carboxylic acids is 2. The fourth-order valence-electron chi connectivity index (χ4n) is 3.77. The Morgan fingerprint density at radius 2 is 1.79 bits per heavy atom. The lowest BCUT2D eigenvalue weighted by atomic mass is 10.1. The van der Waals surface area contributed by atoms with Gasteiger partial charge in [0.25, 0.3) is 5.91 Å². The standard InChI is InChI=1S/C23H24N2O4/c26-21(24-18-10-6-1-2-7-11-18)15-28-23(27)17-12-13-20-19(14-17)22(29-25-20)16-8-4-3-5-9-16/h3-5,8-9,12-14,18H,1-2,6-7,10-11,15H2,(H,24,26). The Labute approximate surface area is 169 Å². The smallest absolute Gasteiger partial charge is 0.338 e. The van der Waals surface area contributed by atoms with Gasteiger partial charge >= 0.3 is 5.97 Å². The third-order valence-electron chi connectivity index (χ3n) is 5.30. The summed E-state index contributed by atoms with van der Waals surface area (Å²) in [7, 11) is 0. The van der Waals surface area contributed by atoms with Gasteiger partial charge < -0.3 is 14.6 Å². The van der Waals surface area contributed by atoms with E-state index in [1.807, 2.05) is 30.3 Å². The second-order valence-electron chi connectivity index (χ2n) is 7.44. The maximum Gasteiger partial charge on any atom is 0.338 e. The van der Waals surface area contributed by atoms with Crippen molar-refractivity contribution < 1.29 is 18.8 Å². The number of benzene rings is 2. The van der Waals surface area contributed by atoms with Crippen LogP contribution in [0.4, 0.5) is 0 Å². The summed E-state index contributed by atoms with van der Waals surface area (Å²) in [5.41, 5.74) is 1.90. The molecule has 1 heterocycles. The van der Waals surface area contributed by atoms with Crippen LogP contribution in [0.3, 0.4) is 0 Å². The summed E-state index contributed by atoms with van der Waals surface area (Å²) in [5.74, 6) is -0.189. The molecule has 0 spiro atoms. The summed E-state index contributed by atoms with van der Waals surface area (Å²) < 4.78 is 10.7. The van der Waals surface area contributed by atoms with Crippen molar-refractivity contribution >= 4 is 22.8 Å². The highest BCUT2D eigenvalue weighted by Crippen LogP contribution is 2.29. The van der Waals surface area contributed by atoms with Crippen LogP contribution in [0.15, 0.2) is 53.1 Å². The number of fused-ring (bicyclic) bond motifs is 1. The Morgan fingerprint density at radius 3 is 2.55 bits per heavy atom. The molecule has 1 N–H and O–H groups in total. The zero-order valence-electron chi connectivity index (χ0n) is 16.2. The molecule has 0 atom stereocenters. The molecule has 0 unspecified atom stereocenters. The molecule has 6 nitrogen and oxygen atoms in total. The maximum absolute atomic E-state index is 12.5. The maximum atomic E-state index is 12.5. The number of rotatable bonds is 5. The number of ether oxygens (including phenoxy) is 1. The van der Waals surface area contributed by atoms with E-state index in [9.17, 15) is 9.59 Å². The number of nitrogens with zero attached hydrogens (tertiary/aromatic N) is 1. The predicted octanol–water partition coefficient (Wildman–Crippen LogP) is 4.49. The van der Waals surface area contributed by atoms with Crippen molar-refractivity contribution in [2.75, 3.05) is 6.61 Å². The third-order valence-corrected chi connectivity index (χ3v) is 5.30. The van der Waals surface area contributed by atoms with Crippen LogP contribution in [-0.4, -0.2) is 29.7 Å². The molecule has 0 saturated heterocycles. The molecular formula is C23H24N2O4. The van der Waals surface area contributed by atoms with E-state index in [4.69, 9.17) is 9.26 Å². The highest BCUT2D eigenvalue weighted by Gasteiger charge is 2.18. The topological polar surface area (TPSA) is 81.4 Å². The molecule has 1 aromatic heterocycles. The van der Waals surface area contributed by atoms with Gasteiger partial charge in [-0.05, 0) is 31.0 Å². The molecule has 1 fully saturated rings. The van der Waals surface area contributed by atoms with Gasteiger partial charge in [-0.1, -0.05) is 61.2 Å². The minimum atomic E-state index is -0.539. The van der Waals surface area contributed by atoms with E-state index in [0.29, 0.717) is 16.8 Å². The van der Waals surface area contributed by atoms with Crippen LogP contribution in [-0.2, 0) is 9.53 Å². The van der Waals surface area contributed by atoms with Crippen LogP contribution in [0.2, 0.25) is 0 Å². The van der Waals surface area contributed by atoms with Crippen LogP contribution in [0.25, 0.3) is 22.2 Å². The average Bonchev–Trinajstić information content (AvgIpc) is 3.01. The molecular weight excluding hydrogens is 368 g/mol. The minimum absolute atomic E-state index is 0.186. The molecule has 2 aromatic carbocycles. The van der Waals surface area contributed by atoms with Gasteiger partial charge in [-0.15, -0.1) is 0 Å². The Kier molecular flexibility index (Phi) is 5.89. The largest absolute Gasteiger partial charge is 0.452 e. The fourth-order valence-corrected chi connectivity index (χ4v) is 3.77. The number of carbonyl (C=O) groups is 2. The van der Waals surface area contributed by atoms with Crippen LogP contribution in [0.5, 0.6) is 0 Å². The highest BCUT2D eigenvalue weighted by atomic mass is 16.5. The summed E-state index contributed by atoms with van der Waals surface area (Å²) in [6, 6.07) is 14.8. The van der Waals surface area contributed by atoms with Gasteiger partial charge in [0.2, 0.25) is 0 Å². The molecule has 1 aliphatic carbocycles. The molecule has 29 heavy (non-hydrogen) atoms. The lowest BCUT2D eigenvalue weighted by Gasteiger charge is -2.16. The van der Waals surface area contributed by atoms with E-state index >= 15 is 0 Å². The molecule has 1 aliphatic rings. The predicted molar refractivity (Wildman–Crippen MR) is 109 cm³/mol. The Hall–Kier alpha value is -3.15. The molecule has 1 saturated carbocycles. The number of aromatic nitrogens is 1. The van der Waals surface area contributed by atoms with Crippen molar-refractivity contribution in [2.24, 2.45) is 0 Å². The van der Waals surface area contributed by atoms with Gasteiger partial charge in [-0.25, -0.2) is 4.79 Å². The normalized spacial score (nSPS) is 15.0. The van der Waals surface area contributed by atoms with Gasteiger partial charge in [0.1, 0.15) is 5.52 Å². The van der Waals surface area contributed by atoms with Crippen molar-refractivity contribution in [1.82, 2.24) is 10.5 Å². The van der Waals surface area contributed by atoms with Crippen molar-refractivity contribution in [3.63, 3.8) is 0 Å². The molecule has 4 rings (SSSR count). The second-order valence-corrected chi connectivity index (χ2v) is 7.44. The number of hydrogen-bond donors (Lipinski definition) is 1. The fraction of sp³-hybridized carbons (Fsp3) is 0.348. The zero-order chi connectivity index (χ0) is 20.1. The van der Waals surface area contributed by atoms with Crippen LogP contribution in [0.1, 0.15) is 48.9 Å². The number of nitrogens with one attached hydrogen (secondary N) is 1. The van der Waals surface area contributed by atoms with Gasteiger partial charge in [0.15, 0.2) is 12.4 Å². The summed E-state index contributed by atoms with van der Waals surface area (Å²) in [6.45, 7) is -0.275. The van der Waals surface area contributed by atoms with Crippen LogP contribution >= 0.6 is 0 Å². The first-order valence-electron chi connectivity index (χ1n) is 10.1. The third kappa shape index (κ3) is 4.65.